The van der Waals surface area contributed by atoms with E-state index in [1.165, 1.54) is 42.1 Å². The maximum Gasteiger partial charge on any atom is 0.493 e. The fourth-order valence-electron chi connectivity index (χ4n) is 3.63. The lowest BCUT2D eigenvalue weighted by atomic mass is 10.1. The predicted octanol–water partition coefficient (Wildman–Crippen LogP) is 2.74. The van der Waals surface area contributed by atoms with E-state index in [0.717, 1.165) is 18.5 Å². The van der Waals surface area contributed by atoms with Crippen LogP contribution >= 0.6 is 11.6 Å². The minimum atomic E-state index is -5.48. The fourth-order valence-corrected chi connectivity index (χ4v) is 3.81. The standard InChI is InChI=1S/C24H19ClF5N9O4/c1-37-20(34-35-36-37)15-7-3-2-6-14(15)11-39(43-22(42)24(28,29)30)18(40)12-38-17(25)10-32-19(21(38)41)33-13-23(26,27)16-8-4-5-9-31-16/h2-10H,11-13H2,1H3,(H,32,33). The minimum absolute atomic E-state index is 0.0873. The smallest absolute Gasteiger partial charge is 0.359 e. The molecule has 0 aliphatic rings. The largest absolute Gasteiger partial charge is 0.493 e. The number of hydroxylamine groups is 2. The van der Waals surface area contributed by atoms with Gasteiger partial charge in [-0.2, -0.15) is 27.0 Å². The molecule has 4 aromatic rings. The Morgan fingerprint density at radius 3 is 2.44 bits per heavy atom. The van der Waals surface area contributed by atoms with Crippen LogP contribution in [-0.2, 0) is 40.5 Å². The second-order valence-electron chi connectivity index (χ2n) is 8.68. The van der Waals surface area contributed by atoms with E-state index in [1.807, 2.05) is 0 Å². The van der Waals surface area contributed by atoms with E-state index >= 15 is 0 Å². The molecule has 0 spiro atoms. The van der Waals surface area contributed by atoms with Crippen molar-refractivity contribution in [1.82, 2.24) is 39.8 Å². The molecule has 0 fully saturated rings. The number of aryl methyl sites for hydroxylation is 1. The van der Waals surface area contributed by atoms with Crippen LogP contribution in [0.25, 0.3) is 11.4 Å². The summed E-state index contributed by atoms with van der Waals surface area (Å²) < 4.78 is 70.1. The average Bonchev–Trinajstić information content (AvgIpc) is 3.40. The number of amides is 1. The van der Waals surface area contributed by atoms with Crippen molar-refractivity contribution in [3.63, 3.8) is 0 Å². The van der Waals surface area contributed by atoms with Crippen LogP contribution in [0, 0.1) is 0 Å². The van der Waals surface area contributed by atoms with Gasteiger partial charge in [-0.25, -0.2) is 14.5 Å². The molecule has 43 heavy (non-hydrogen) atoms. The summed E-state index contributed by atoms with van der Waals surface area (Å²) in [6, 6.07) is 9.85. The molecular formula is C24H19ClF5N9O4. The Labute approximate surface area is 242 Å². The summed E-state index contributed by atoms with van der Waals surface area (Å²) in [6.45, 7) is -2.92. The first-order valence-electron chi connectivity index (χ1n) is 12.0. The number of anilines is 1. The van der Waals surface area contributed by atoms with Crippen molar-refractivity contribution in [2.45, 2.75) is 25.2 Å². The zero-order valence-corrected chi connectivity index (χ0v) is 22.6. The van der Waals surface area contributed by atoms with Gasteiger partial charge in [0.1, 0.15) is 17.4 Å². The number of nitrogens with one attached hydrogen (secondary N) is 1. The molecule has 0 saturated carbocycles. The SMILES string of the molecule is Cn1nnnc1-c1ccccc1CN(OC(=O)C(F)(F)F)C(=O)Cn1c(Cl)cnc(NCC(F)(F)c2ccccn2)c1=O. The monoisotopic (exact) mass is 627 g/mol. The van der Waals surface area contributed by atoms with Gasteiger partial charge in [0.2, 0.25) is 0 Å². The van der Waals surface area contributed by atoms with Crippen molar-refractivity contribution in [3.8, 4) is 11.4 Å². The molecular weight excluding hydrogens is 609 g/mol. The van der Waals surface area contributed by atoms with Crippen LogP contribution in [0.3, 0.4) is 0 Å². The third-order valence-corrected chi connectivity index (χ3v) is 6.01. The first-order valence-corrected chi connectivity index (χ1v) is 12.3. The van der Waals surface area contributed by atoms with Crippen LogP contribution in [0.15, 0.2) is 59.7 Å². The van der Waals surface area contributed by atoms with Crippen molar-refractivity contribution in [3.05, 3.63) is 81.6 Å². The molecule has 0 atom stereocenters. The third kappa shape index (κ3) is 7.26. The van der Waals surface area contributed by atoms with Gasteiger partial charge in [-0.1, -0.05) is 41.9 Å². The van der Waals surface area contributed by atoms with E-state index in [0.29, 0.717) is 4.57 Å². The van der Waals surface area contributed by atoms with E-state index < -0.39 is 65.8 Å². The number of rotatable bonds is 9. The first kappa shape index (κ1) is 30.9. The van der Waals surface area contributed by atoms with Crippen LogP contribution in [0.4, 0.5) is 27.8 Å². The highest BCUT2D eigenvalue weighted by molar-refractivity contribution is 6.29. The highest BCUT2D eigenvalue weighted by atomic mass is 35.5. The van der Waals surface area contributed by atoms with Gasteiger partial charge < -0.3 is 10.2 Å². The summed E-state index contributed by atoms with van der Waals surface area (Å²) in [6.07, 6.45) is -3.46. The van der Waals surface area contributed by atoms with Gasteiger partial charge in [0.25, 0.3) is 11.5 Å². The molecule has 226 valence electrons. The fraction of sp³-hybridized carbons (Fsp3) is 0.250. The summed E-state index contributed by atoms with van der Waals surface area (Å²) in [7, 11) is 1.49. The first-order chi connectivity index (χ1) is 20.3. The van der Waals surface area contributed by atoms with Crippen LogP contribution in [-0.4, -0.2) is 64.4 Å². The molecule has 0 radical (unpaired) electrons. The van der Waals surface area contributed by atoms with Gasteiger partial charge in [-0.05, 0) is 28.1 Å². The van der Waals surface area contributed by atoms with Gasteiger partial charge >= 0.3 is 18.1 Å². The van der Waals surface area contributed by atoms with Gasteiger partial charge in [-0.15, -0.1) is 5.10 Å². The number of benzene rings is 1. The highest BCUT2D eigenvalue weighted by Gasteiger charge is 2.43. The Hall–Kier alpha value is -5.00. The van der Waals surface area contributed by atoms with Gasteiger partial charge in [0.15, 0.2) is 11.6 Å². The summed E-state index contributed by atoms with van der Waals surface area (Å²) in [5.74, 6) is -8.05. The number of halogens is 6. The van der Waals surface area contributed by atoms with Crippen molar-refractivity contribution in [2.75, 3.05) is 11.9 Å². The Morgan fingerprint density at radius 2 is 1.79 bits per heavy atom. The quantitative estimate of drug-likeness (QED) is 0.217. The van der Waals surface area contributed by atoms with E-state index in [2.05, 4.69) is 35.6 Å². The van der Waals surface area contributed by atoms with E-state index in [9.17, 15) is 36.3 Å². The molecule has 0 unspecified atom stereocenters. The molecule has 1 aromatic carbocycles. The average molecular weight is 628 g/mol. The summed E-state index contributed by atoms with van der Waals surface area (Å²) >= 11 is 6.02. The van der Waals surface area contributed by atoms with Gasteiger partial charge in [0.05, 0.1) is 19.3 Å². The lowest BCUT2D eigenvalue weighted by Gasteiger charge is -2.23. The van der Waals surface area contributed by atoms with Gasteiger partial charge in [-0.3, -0.25) is 19.1 Å². The summed E-state index contributed by atoms with van der Waals surface area (Å²) in [5.41, 5.74) is -1.30. The Bertz CT molecular complexity index is 1680. The number of tetrazole rings is 1. The highest BCUT2D eigenvalue weighted by Crippen LogP contribution is 2.26. The maximum atomic E-state index is 14.6. The number of carbonyl (C=O) groups is 2. The van der Waals surface area contributed by atoms with Crippen LogP contribution in [0.1, 0.15) is 11.3 Å². The minimum Gasteiger partial charge on any atom is -0.359 e. The molecule has 0 bridgehead atoms. The molecule has 3 aromatic heterocycles. The number of hydrogen-bond acceptors (Lipinski definition) is 10. The molecule has 0 aliphatic heterocycles. The molecule has 3 heterocycles. The molecule has 13 nitrogen and oxygen atoms in total. The number of carbonyl (C=O) groups excluding carboxylic acids is 2. The maximum absolute atomic E-state index is 14.6. The lowest BCUT2D eigenvalue weighted by molar-refractivity contribution is -0.239. The Balaban J connectivity index is 1.61. The Kier molecular flexibility index (Phi) is 8.98. The predicted molar refractivity (Wildman–Crippen MR) is 137 cm³/mol. The molecule has 0 saturated heterocycles. The number of pyridine rings is 1. The molecule has 1 N–H and O–H groups in total. The van der Waals surface area contributed by atoms with Crippen molar-refractivity contribution in [1.29, 1.82) is 0 Å². The lowest BCUT2D eigenvalue weighted by Crippen LogP contribution is -2.41. The van der Waals surface area contributed by atoms with Crippen molar-refractivity contribution < 1.29 is 36.4 Å². The zero-order chi connectivity index (χ0) is 31.4. The van der Waals surface area contributed by atoms with Crippen molar-refractivity contribution in [2.24, 2.45) is 7.05 Å². The van der Waals surface area contributed by atoms with Crippen LogP contribution < -0.4 is 10.9 Å². The topological polar surface area (TPSA) is 150 Å². The zero-order valence-electron chi connectivity index (χ0n) is 21.8. The number of nitrogens with zero attached hydrogens (tertiary/aromatic N) is 8. The van der Waals surface area contributed by atoms with Gasteiger partial charge in [0, 0.05) is 18.8 Å². The van der Waals surface area contributed by atoms with E-state index in [1.54, 1.807) is 6.07 Å². The second kappa shape index (κ2) is 12.5. The summed E-state index contributed by atoms with van der Waals surface area (Å²) in [4.78, 5) is 49.5. The number of aromatic nitrogens is 7. The number of alkyl halides is 5. The van der Waals surface area contributed by atoms with E-state index in [-0.39, 0.29) is 22.0 Å². The summed E-state index contributed by atoms with van der Waals surface area (Å²) in [5, 5.41) is 12.8. The molecule has 0 aliphatic carbocycles. The molecule has 19 heteroatoms. The van der Waals surface area contributed by atoms with E-state index in [4.69, 9.17) is 11.6 Å². The number of hydrogen-bond donors (Lipinski definition) is 1. The van der Waals surface area contributed by atoms with Crippen molar-refractivity contribution >= 4 is 29.3 Å². The third-order valence-electron chi connectivity index (χ3n) is 5.71. The molecule has 1 amide bonds. The van der Waals surface area contributed by atoms with Crippen LogP contribution in [0.2, 0.25) is 5.15 Å². The normalized spacial score (nSPS) is 11.7. The Morgan fingerprint density at radius 1 is 1.07 bits per heavy atom. The van der Waals surface area contributed by atoms with Crippen LogP contribution in [0.5, 0.6) is 0 Å². The molecule has 4 rings (SSSR count). The second-order valence-corrected chi connectivity index (χ2v) is 9.07.